The maximum Gasteiger partial charge on any atom is 0.310 e. The lowest BCUT2D eigenvalue weighted by atomic mass is 9.82. The number of hydrogen-bond acceptors (Lipinski definition) is 3. The van der Waals surface area contributed by atoms with Gasteiger partial charge in [-0.05, 0) is 57.9 Å². The monoisotopic (exact) mass is 348 g/mol. The summed E-state index contributed by atoms with van der Waals surface area (Å²) in [6.45, 7) is 9.39. The lowest BCUT2D eigenvalue weighted by molar-refractivity contribution is -0.167. The fourth-order valence-corrected chi connectivity index (χ4v) is 2.98. The van der Waals surface area contributed by atoms with Crippen molar-refractivity contribution >= 4 is 11.9 Å². The largest absolute Gasteiger partial charge is 0.481 e. The van der Waals surface area contributed by atoms with Gasteiger partial charge >= 0.3 is 11.9 Å². The second kappa shape index (κ2) is 9.59. The van der Waals surface area contributed by atoms with Gasteiger partial charge in [-0.2, -0.15) is 0 Å². The molecule has 0 bridgehead atoms. The fourth-order valence-electron chi connectivity index (χ4n) is 2.98. The van der Waals surface area contributed by atoms with Crippen molar-refractivity contribution in [3.8, 4) is 0 Å². The first-order valence-electron chi connectivity index (χ1n) is 9.09. The highest BCUT2D eigenvalue weighted by Crippen LogP contribution is 2.28. The molecule has 0 aliphatic carbocycles. The van der Waals surface area contributed by atoms with Crippen LogP contribution in [0.3, 0.4) is 0 Å². The zero-order chi connectivity index (χ0) is 19.0. The summed E-state index contributed by atoms with van der Waals surface area (Å²) in [5.41, 5.74) is 0.580. The summed E-state index contributed by atoms with van der Waals surface area (Å²) >= 11 is 0. The van der Waals surface area contributed by atoms with E-state index in [0.29, 0.717) is 12.8 Å². The molecule has 0 aliphatic rings. The van der Waals surface area contributed by atoms with Crippen LogP contribution in [0, 0.1) is 17.8 Å². The molecule has 1 aromatic carbocycles. The van der Waals surface area contributed by atoms with Gasteiger partial charge < -0.3 is 9.84 Å². The molecule has 0 amide bonds. The quantitative estimate of drug-likeness (QED) is 0.656. The van der Waals surface area contributed by atoms with Crippen LogP contribution in [0.5, 0.6) is 0 Å². The van der Waals surface area contributed by atoms with E-state index in [-0.39, 0.29) is 5.92 Å². The second-order valence-electron chi connectivity index (χ2n) is 8.09. The Bertz CT molecular complexity index is 543. The lowest BCUT2D eigenvalue weighted by Crippen LogP contribution is -2.36. The number of ether oxygens (including phenoxy) is 1. The van der Waals surface area contributed by atoms with Gasteiger partial charge in [-0.1, -0.05) is 44.2 Å². The van der Waals surface area contributed by atoms with Crippen LogP contribution < -0.4 is 0 Å². The van der Waals surface area contributed by atoms with Gasteiger partial charge in [0.25, 0.3) is 0 Å². The molecule has 0 fully saturated rings. The van der Waals surface area contributed by atoms with Crippen LogP contribution in [0.15, 0.2) is 30.3 Å². The third-order valence-electron chi connectivity index (χ3n) is 4.06. The lowest BCUT2D eigenvalue weighted by Gasteiger charge is -2.28. The maximum absolute atomic E-state index is 12.6. The van der Waals surface area contributed by atoms with Crippen molar-refractivity contribution in [2.24, 2.45) is 17.8 Å². The second-order valence-corrected chi connectivity index (χ2v) is 8.09. The normalized spacial score (nSPS) is 14.2. The Morgan fingerprint density at radius 1 is 1.08 bits per heavy atom. The predicted octanol–water partition coefficient (Wildman–Crippen LogP) is 4.71. The standard InChI is InChI=1S/C21H32O4/c1-15(2)14-18(19(22)23)17(20(24)25-21(3,4)5)13-9-12-16-10-7-6-8-11-16/h6-8,10-11,15,17-18H,9,12-14H2,1-5H3,(H,22,23). The molecule has 0 aromatic heterocycles. The summed E-state index contributed by atoms with van der Waals surface area (Å²) in [5.74, 6) is -2.41. The number of carboxylic acid groups (broad SMARTS) is 1. The van der Waals surface area contributed by atoms with E-state index < -0.39 is 29.4 Å². The van der Waals surface area contributed by atoms with Crippen molar-refractivity contribution in [3.63, 3.8) is 0 Å². The number of aryl methyl sites for hydroxylation is 1. The van der Waals surface area contributed by atoms with Crippen molar-refractivity contribution < 1.29 is 19.4 Å². The van der Waals surface area contributed by atoms with Crippen LogP contribution in [0.2, 0.25) is 0 Å². The summed E-state index contributed by atoms with van der Waals surface area (Å²) in [5, 5.41) is 9.65. The molecule has 0 radical (unpaired) electrons. The van der Waals surface area contributed by atoms with E-state index >= 15 is 0 Å². The van der Waals surface area contributed by atoms with Crippen molar-refractivity contribution in [1.82, 2.24) is 0 Å². The van der Waals surface area contributed by atoms with E-state index in [9.17, 15) is 14.7 Å². The average molecular weight is 348 g/mol. The molecule has 0 heterocycles. The van der Waals surface area contributed by atoms with Crippen molar-refractivity contribution in [3.05, 3.63) is 35.9 Å². The average Bonchev–Trinajstić information content (AvgIpc) is 2.48. The molecular formula is C21H32O4. The first kappa shape index (κ1) is 21.2. The molecule has 25 heavy (non-hydrogen) atoms. The molecule has 1 N–H and O–H groups in total. The summed E-state index contributed by atoms with van der Waals surface area (Å²) in [4.78, 5) is 24.4. The zero-order valence-corrected chi connectivity index (χ0v) is 16.1. The highest BCUT2D eigenvalue weighted by molar-refractivity contribution is 5.81. The van der Waals surface area contributed by atoms with Gasteiger partial charge in [0.2, 0.25) is 0 Å². The van der Waals surface area contributed by atoms with Crippen LogP contribution in [0.25, 0.3) is 0 Å². The molecule has 0 saturated heterocycles. The van der Waals surface area contributed by atoms with Crippen molar-refractivity contribution in [2.45, 2.75) is 65.9 Å². The number of hydrogen-bond donors (Lipinski definition) is 1. The van der Waals surface area contributed by atoms with Gasteiger partial charge in [-0.25, -0.2) is 0 Å². The number of rotatable bonds is 9. The zero-order valence-electron chi connectivity index (χ0n) is 16.1. The number of esters is 1. The highest BCUT2D eigenvalue weighted by atomic mass is 16.6. The van der Waals surface area contributed by atoms with Crippen LogP contribution in [-0.4, -0.2) is 22.6 Å². The summed E-state index contributed by atoms with van der Waals surface area (Å²) in [6, 6.07) is 10.0. The smallest absolute Gasteiger partial charge is 0.310 e. The molecule has 2 atom stereocenters. The Labute approximate surface area is 151 Å². The van der Waals surface area contributed by atoms with Crippen LogP contribution in [-0.2, 0) is 20.7 Å². The Hall–Kier alpha value is -1.84. The van der Waals surface area contributed by atoms with E-state index in [1.54, 1.807) is 0 Å². The molecule has 0 saturated carbocycles. The SMILES string of the molecule is CC(C)CC(C(=O)O)C(CCCc1ccccc1)C(=O)OC(C)(C)C. The molecule has 0 aliphatic heterocycles. The van der Waals surface area contributed by atoms with Gasteiger partial charge in [-0.3, -0.25) is 9.59 Å². The third-order valence-corrected chi connectivity index (χ3v) is 4.06. The van der Waals surface area contributed by atoms with Gasteiger partial charge in [0, 0.05) is 0 Å². The first-order chi connectivity index (χ1) is 11.6. The van der Waals surface area contributed by atoms with Crippen LogP contribution in [0.4, 0.5) is 0 Å². The van der Waals surface area contributed by atoms with E-state index in [1.807, 2.05) is 65.0 Å². The fraction of sp³-hybridized carbons (Fsp3) is 0.619. The van der Waals surface area contributed by atoms with E-state index in [0.717, 1.165) is 12.8 Å². The Morgan fingerprint density at radius 2 is 1.68 bits per heavy atom. The first-order valence-corrected chi connectivity index (χ1v) is 9.09. The molecule has 140 valence electrons. The number of aliphatic carboxylic acids is 1. The van der Waals surface area contributed by atoms with E-state index in [1.165, 1.54) is 5.56 Å². The molecular weight excluding hydrogens is 316 g/mol. The minimum atomic E-state index is -0.913. The van der Waals surface area contributed by atoms with E-state index in [2.05, 4.69) is 0 Å². The molecule has 4 heteroatoms. The Kier molecular flexibility index (Phi) is 8.14. The molecule has 4 nitrogen and oxygen atoms in total. The van der Waals surface area contributed by atoms with Gasteiger partial charge in [0.15, 0.2) is 0 Å². The van der Waals surface area contributed by atoms with Gasteiger partial charge in [0.05, 0.1) is 11.8 Å². The van der Waals surface area contributed by atoms with Crippen molar-refractivity contribution in [1.29, 1.82) is 0 Å². The number of carbonyl (C=O) groups is 2. The Balaban J connectivity index is 2.85. The summed E-state index contributed by atoms with van der Waals surface area (Å²) in [6.07, 6.45) is 2.59. The Morgan fingerprint density at radius 3 is 2.16 bits per heavy atom. The minimum absolute atomic E-state index is 0.208. The summed E-state index contributed by atoms with van der Waals surface area (Å²) in [7, 11) is 0. The van der Waals surface area contributed by atoms with Gasteiger partial charge in [-0.15, -0.1) is 0 Å². The maximum atomic E-state index is 12.6. The van der Waals surface area contributed by atoms with Crippen LogP contribution >= 0.6 is 0 Å². The van der Waals surface area contributed by atoms with Crippen molar-refractivity contribution in [2.75, 3.05) is 0 Å². The predicted molar refractivity (Wildman–Crippen MR) is 99.3 cm³/mol. The molecule has 2 unspecified atom stereocenters. The highest BCUT2D eigenvalue weighted by Gasteiger charge is 2.36. The number of benzene rings is 1. The van der Waals surface area contributed by atoms with Crippen LogP contribution in [0.1, 0.15) is 59.4 Å². The third kappa shape index (κ3) is 8.19. The van der Waals surface area contributed by atoms with E-state index in [4.69, 9.17) is 4.74 Å². The number of carbonyl (C=O) groups excluding carboxylic acids is 1. The van der Waals surface area contributed by atoms with Gasteiger partial charge in [0.1, 0.15) is 5.60 Å². The topological polar surface area (TPSA) is 63.6 Å². The molecule has 0 spiro atoms. The summed E-state index contributed by atoms with van der Waals surface area (Å²) < 4.78 is 5.51. The number of carboxylic acids is 1. The molecule has 1 rings (SSSR count). The minimum Gasteiger partial charge on any atom is -0.481 e. The molecule has 1 aromatic rings.